The van der Waals surface area contributed by atoms with Crippen LogP contribution in [-0.2, 0) is 13.2 Å². The molecule has 35 heavy (non-hydrogen) atoms. The molecule has 0 saturated carbocycles. The highest BCUT2D eigenvalue weighted by molar-refractivity contribution is 6.15. The van der Waals surface area contributed by atoms with E-state index in [1.54, 1.807) is 30.9 Å². The third kappa shape index (κ3) is 3.90. The monoisotopic (exact) mass is 478 g/mol. The first kappa shape index (κ1) is 22.9. The predicted molar refractivity (Wildman–Crippen MR) is 131 cm³/mol. The Labute approximate surface area is 200 Å². The molecule has 10 heteroatoms. The Morgan fingerprint density at radius 2 is 1.80 bits per heavy atom. The topological polar surface area (TPSA) is 106 Å². The summed E-state index contributed by atoms with van der Waals surface area (Å²) in [6, 6.07) is 6.88. The number of aromatic nitrogens is 2. The summed E-state index contributed by atoms with van der Waals surface area (Å²) in [6.07, 6.45) is 1.12. The predicted octanol–water partition coefficient (Wildman–Crippen LogP) is 2.55. The number of hydrogen-bond donors (Lipinski definition) is 1. The molecule has 0 spiro atoms. The number of carbonyl (C=O) groups excluding carboxylic acids is 1. The number of nitrogens with zero attached hydrogens (tertiary/aromatic N) is 4. The van der Waals surface area contributed by atoms with Crippen LogP contribution in [0, 0.1) is 0 Å². The highest BCUT2D eigenvalue weighted by Crippen LogP contribution is 2.39. The fourth-order valence-corrected chi connectivity index (χ4v) is 4.24. The van der Waals surface area contributed by atoms with Crippen molar-refractivity contribution in [1.82, 2.24) is 19.4 Å². The first-order valence-corrected chi connectivity index (χ1v) is 11.1. The summed E-state index contributed by atoms with van der Waals surface area (Å²) in [5.74, 6) is 1.36. The minimum Gasteiger partial charge on any atom is -0.454 e. The molecular formula is C25H26N4O6. The van der Waals surface area contributed by atoms with Gasteiger partial charge in [-0.25, -0.2) is 4.79 Å². The molecule has 3 heterocycles. The van der Waals surface area contributed by atoms with Crippen LogP contribution in [0.5, 0.6) is 17.2 Å². The van der Waals surface area contributed by atoms with Crippen LogP contribution >= 0.6 is 0 Å². The highest BCUT2D eigenvalue weighted by atomic mass is 16.7. The Morgan fingerprint density at radius 3 is 2.49 bits per heavy atom. The largest absolute Gasteiger partial charge is 0.454 e. The van der Waals surface area contributed by atoms with Crippen molar-refractivity contribution in [3.05, 3.63) is 46.4 Å². The number of hydrogen-bond acceptors (Lipinski definition) is 8. The Kier molecular flexibility index (Phi) is 5.70. The van der Waals surface area contributed by atoms with E-state index < -0.39 is 6.09 Å². The third-order valence-corrected chi connectivity index (χ3v) is 6.07. The molecule has 182 valence electrons. The van der Waals surface area contributed by atoms with Crippen molar-refractivity contribution in [2.45, 2.75) is 13.2 Å². The van der Waals surface area contributed by atoms with E-state index in [4.69, 9.17) is 14.2 Å². The zero-order chi connectivity index (χ0) is 24.9. The van der Waals surface area contributed by atoms with E-state index in [-0.39, 0.29) is 24.7 Å². The van der Waals surface area contributed by atoms with Gasteiger partial charge in [0.25, 0.3) is 5.56 Å². The van der Waals surface area contributed by atoms with E-state index in [0.29, 0.717) is 46.4 Å². The Bertz CT molecular complexity index is 1540. The molecule has 0 saturated heterocycles. The van der Waals surface area contributed by atoms with Crippen LogP contribution in [0.3, 0.4) is 0 Å². The minimum absolute atomic E-state index is 0.133. The molecule has 0 bridgehead atoms. The van der Waals surface area contributed by atoms with Gasteiger partial charge in [0.2, 0.25) is 6.79 Å². The van der Waals surface area contributed by atoms with Crippen molar-refractivity contribution in [3.8, 4) is 17.2 Å². The normalized spacial score (nSPS) is 12.7. The van der Waals surface area contributed by atoms with Crippen LogP contribution in [0.1, 0.15) is 5.56 Å². The molecule has 2 aromatic carbocycles. The SMILES string of the molecule is CN(C)CCn1c(=O)c2cc(OC(=O)N(C)C)c(CO)cc2c2cnc3cc4c(cc3c21)OCO4. The lowest BCUT2D eigenvalue weighted by molar-refractivity contribution is 0.170. The number of benzene rings is 2. The first-order valence-electron chi connectivity index (χ1n) is 11.1. The van der Waals surface area contributed by atoms with Gasteiger partial charge < -0.3 is 33.7 Å². The zero-order valence-corrected chi connectivity index (χ0v) is 20.0. The highest BCUT2D eigenvalue weighted by Gasteiger charge is 2.21. The molecule has 1 aliphatic heterocycles. The van der Waals surface area contributed by atoms with Gasteiger partial charge in [0.15, 0.2) is 11.5 Å². The fourth-order valence-electron chi connectivity index (χ4n) is 4.24. The number of ether oxygens (including phenoxy) is 3. The Balaban J connectivity index is 1.86. The van der Waals surface area contributed by atoms with Gasteiger partial charge in [-0.05, 0) is 37.7 Å². The summed E-state index contributed by atoms with van der Waals surface area (Å²) in [4.78, 5) is 34.0. The van der Waals surface area contributed by atoms with Crippen molar-refractivity contribution < 1.29 is 24.1 Å². The van der Waals surface area contributed by atoms with Crippen molar-refractivity contribution in [1.29, 1.82) is 0 Å². The third-order valence-electron chi connectivity index (χ3n) is 6.07. The average Bonchev–Trinajstić information content (AvgIpc) is 3.29. The maximum absolute atomic E-state index is 13.9. The molecule has 0 aliphatic carbocycles. The van der Waals surface area contributed by atoms with E-state index in [0.717, 1.165) is 16.3 Å². The van der Waals surface area contributed by atoms with E-state index >= 15 is 0 Å². The second-order valence-electron chi connectivity index (χ2n) is 8.93. The number of pyridine rings is 2. The second kappa shape index (κ2) is 8.71. The lowest BCUT2D eigenvalue weighted by Crippen LogP contribution is -2.28. The molecule has 0 fully saturated rings. The molecule has 0 radical (unpaired) electrons. The number of aliphatic hydroxyl groups excluding tert-OH is 1. The number of amides is 1. The number of rotatable bonds is 5. The van der Waals surface area contributed by atoms with Crippen LogP contribution < -0.4 is 19.8 Å². The standard InChI is InChI=1S/C25H26N4O6/c1-27(2)5-6-29-23-17-9-21-22(34-13-33-21)10-19(17)26-11-18(23)15-7-14(12-30)20(8-16(15)24(29)31)35-25(32)28(3)4/h7-11,30H,5-6,12-13H2,1-4H3. The summed E-state index contributed by atoms with van der Waals surface area (Å²) in [7, 11) is 7.01. The maximum atomic E-state index is 13.9. The van der Waals surface area contributed by atoms with Gasteiger partial charge >= 0.3 is 6.09 Å². The summed E-state index contributed by atoms with van der Waals surface area (Å²) >= 11 is 0. The summed E-state index contributed by atoms with van der Waals surface area (Å²) < 4.78 is 18.3. The summed E-state index contributed by atoms with van der Waals surface area (Å²) in [6.45, 7) is 0.831. The first-order chi connectivity index (χ1) is 16.8. The molecule has 1 aliphatic rings. The van der Waals surface area contributed by atoms with Crippen molar-refractivity contribution >= 4 is 38.7 Å². The molecule has 10 nitrogen and oxygen atoms in total. The molecule has 0 atom stereocenters. The van der Waals surface area contributed by atoms with Gasteiger partial charge in [0.1, 0.15) is 5.75 Å². The van der Waals surface area contributed by atoms with Gasteiger partial charge in [0, 0.05) is 55.8 Å². The number of fused-ring (bicyclic) bond motifs is 6. The molecular weight excluding hydrogens is 452 g/mol. The van der Waals surface area contributed by atoms with Crippen molar-refractivity contribution in [2.24, 2.45) is 0 Å². The fraction of sp³-hybridized carbons (Fsp3) is 0.320. The van der Waals surface area contributed by atoms with Crippen LogP contribution in [0.2, 0.25) is 0 Å². The lowest BCUT2D eigenvalue weighted by atomic mass is 10.0. The van der Waals surface area contributed by atoms with Gasteiger partial charge in [-0.1, -0.05) is 0 Å². The quantitative estimate of drug-likeness (QED) is 0.436. The maximum Gasteiger partial charge on any atom is 0.414 e. The number of carbonyl (C=O) groups is 1. The van der Waals surface area contributed by atoms with Gasteiger partial charge in [-0.2, -0.15) is 0 Å². The molecule has 5 rings (SSSR count). The van der Waals surface area contributed by atoms with Gasteiger partial charge in [-0.3, -0.25) is 9.78 Å². The Hall–Kier alpha value is -3.89. The van der Waals surface area contributed by atoms with Crippen LogP contribution in [0.25, 0.3) is 32.6 Å². The molecule has 1 amide bonds. The number of likely N-dealkylation sites (N-methyl/N-ethyl adjacent to an activating group) is 1. The summed E-state index contributed by atoms with van der Waals surface area (Å²) in [5, 5.41) is 12.5. The average molecular weight is 479 g/mol. The van der Waals surface area contributed by atoms with Crippen molar-refractivity contribution in [2.75, 3.05) is 41.5 Å². The van der Waals surface area contributed by atoms with Gasteiger partial charge in [-0.15, -0.1) is 0 Å². The molecule has 2 aromatic heterocycles. The lowest BCUT2D eigenvalue weighted by Gasteiger charge is -2.19. The van der Waals surface area contributed by atoms with E-state index in [9.17, 15) is 14.7 Å². The Morgan fingerprint density at radius 1 is 1.06 bits per heavy atom. The van der Waals surface area contributed by atoms with Crippen molar-refractivity contribution in [3.63, 3.8) is 0 Å². The smallest absolute Gasteiger partial charge is 0.414 e. The molecule has 4 aromatic rings. The summed E-state index contributed by atoms with van der Waals surface area (Å²) in [5.41, 5.74) is 1.56. The molecule has 1 N–H and O–H groups in total. The van der Waals surface area contributed by atoms with Gasteiger partial charge in [0.05, 0.1) is 23.0 Å². The van der Waals surface area contributed by atoms with E-state index in [2.05, 4.69) is 4.98 Å². The second-order valence-corrected chi connectivity index (χ2v) is 8.93. The minimum atomic E-state index is -0.600. The van der Waals surface area contributed by atoms with E-state index in [1.807, 2.05) is 31.1 Å². The van der Waals surface area contributed by atoms with E-state index in [1.165, 1.54) is 11.0 Å². The number of aliphatic hydroxyl groups is 1. The van der Waals surface area contributed by atoms with Crippen LogP contribution in [0.4, 0.5) is 4.79 Å². The van der Waals surface area contributed by atoms with Crippen LogP contribution in [-0.4, -0.2) is 72.1 Å². The molecule has 0 unspecified atom stereocenters. The zero-order valence-electron chi connectivity index (χ0n) is 20.0. The van der Waals surface area contributed by atoms with Crippen LogP contribution in [0.15, 0.2) is 35.3 Å².